The van der Waals surface area contributed by atoms with Crippen LogP contribution < -0.4 is 5.43 Å². The van der Waals surface area contributed by atoms with Crippen LogP contribution in [0.1, 0.15) is 25.5 Å². The normalized spacial score (nSPS) is 35.3. The lowest BCUT2D eigenvalue weighted by Gasteiger charge is -2.46. The van der Waals surface area contributed by atoms with Crippen molar-refractivity contribution in [3.05, 3.63) is 58.3 Å². The van der Waals surface area contributed by atoms with E-state index in [9.17, 15) is 40.5 Å². The predicted octanol–water partition coefficient (Wildman–Crippen LogP) is 0.265. The third-order valence-corrected chi connectivity index (χ3v) is 7.28. The zero-order chi connectivity index (χ0) is 28.2. The summed E-state index contributed by atoms with van der Waals surface area (Å²) in [6, 6.07) is 11.1. The van der Waals surface area contributed by atoms with Gasteiger partial charge in [-0.15, -0.1) is 0 Å². The summed E-state index contributed by atoms with van der Waals surface area (Å²) < 4.78 is 22.9. The highest BCUT2D eigenvalue weighted by molar-refractivity contribution is 5.88. The van der Waals surface area contributed by atoms with Crippen LogP contribution in [-0.4, -0.2) is 90.9 Å². The highest BCUT2D eigenvalue weighted by Crippen LogP contribution is 2.46. The molecule has 3 heterocycles. The van der Waals surface area contributed by atoms with E-state index in [1.807, 2.05) is 0 Å². The molecule has 2 aliphatic heterocycles. The Bertz CT molecular complexity index is 1390. The van der Waals surface area contributed by atoms with Crippen molar-refractivity contribution in [1.82, 2.24) is 0 Å². The van der Waals surface area contributed by atoms with Crippen molar-refractivity contribution >= 4 is 11.0 Å². The monoisotopic (exact) mass is 546 g/mol. The van der Waals surface area contributed by atoms with Crippen molar-refractivity contribution in [2.45, 2.75) is 75.1 Å². The van der Waals surface area contributed by atoms with Gasteiger partial charge in [0, 0.05) is 17.7 Å². The minimum Gasteiger partial charge on any atom is -0.507 e. The van der Waals surface area contributed by atoms with Gasteiger partial charge in [-0.05, 0) is 13.8 Å². The molecule has 2 aliphatic rings. The second kappa shape index (κ2) is 10.5. The molecule has 2 fully saturated rings. The zero-order valence-electron chi connectivity index (χ0n) is 21.0. The summed E-state index contributed by atoms with van der Waals surface area (Å²) in [5.74, 6) is -1.04. The van der Waals surface area contributed by atoms with Crippen molar-refractivity contribution in [2.75, 3.05) is 0 Å². The number of aliphatic hydroxyl groups is 5. The van der Waals surface area contributed by atoms with Crippen molar-refractivity contribution in [2.24, 2.45) is 0 Å². The average Bonchev–Trinajstić information content (AvgIpc) is 2.91. The van der Waals surface area contributed by atoms with Crippen molar-refractivity contribution in [3.8, 4) is 22.8 Å². The van der Waals surface area contributed by atoms with Crippen LogP contribution in [0.5, 0.6) is 11.5 Å². The molecule has 210 valence electrons. The summed E-state index contributed by atoms with van der Waals surface area (Å²) in [5, 5.41) is 73.9. The smallest absolute Gasteiger partial charge is 0.197 e. The molecule has 12 heteroatoms. The van der Waals surface area contributed by atoms with E-state index in [1.54, 1.807) is 30.3 Å². The topological polar surface area (TPSA) is 200 Å². The van der Waals surface area contributed by atoms with E-state index in [4.69, 9.17) is 18.6 Å². The van der Waals surface area contributed by atoms with E-state index in [0.717, 1.165) is 6.07 Å². The molecule has 0 radical (unpaired) electrons. The van der Waals surface area contributed by atoms with Crippen molar-refractivity contribution < 1.29 is 54.4 Å². The van der Waals surface area contributed by atoms with E-state index < -0.39 is 78.2 Å². The van der Waals surface area contributed by atoms with Gasteiger partial charge >= 0.3 is 0 Å². The number of ether oxygens (including phenoxy) is 3. The van der Waals surface area contributed by atoms with Gasteiger partial charge in [-0.3, -0.25) is 4.79 Å². The molecule has 0 amide bonds. The first-order valence-electron chi connectivity index (χ1n) is 12.4. The van der Waals surface area contributed by atoms with Crippen LogP contribution in [-0.2, 0) is 14.2 Å². The largest absolute Gasteiger partial charge is 0.507 e. The van der Waals surface area contributed by atoms with Gasteiger partial charge in [0.15, 0.2) is 11.7 Å². The fourth-order valence-electron chi connectivity index (χ4n) is 5.03. The number of hydrogen-bond acceptors (Lipinski definition) is 12. The molecular weight excluding hydrogens is 516 g/mol. The van der Waals surface area contributed by atoms with Crippen LogP contribution in [0, 0.1) is 0 Å². The highest BCUT2D eigenvalue weighted by Gasteiger charge is 2.50. The summed E-state index contributed by atoms with van der Waals surface area (Å²) in [6.07, 6.45) is -14.6. The van der Waals surface area contributed by atoms with Crippen LogP contribution in [0.4, 0.5) is 0 Å². The maximum absolute atomic E-state index is 13.1. The summed E-state index contributed by atoms with van der Waals surface area (Å²) in [6.45, 7) is 2.88. The number of phenols is 2. The number of benzene rings is 2. The van der Waals surface area contributed by atoms with Gasteiger partial charge in [0.1, 0.15) is 71.0 Å². The maximum Gasteiger partial charge on any atom is 0.197 e. The van der Waals surface area contributed by atoms with Crippen LogP contribution >= 0.6 is 0 Å². The Kier molecular flexibility index (Phi) is 7.39. The fraction of sp³-hybridized carbons (Fsp3) is 0.444. The van der Waals surface area contributed by atoms with E-state index in [-0.39, 0.29) is 22.3 Å². The lowest BCUT2D eigenvalue weighted by Crippen LogP contribution is -2.61. The Hall–Kier alpha value is -3.07. The Morgan fingerprint density at radius 3 is 2.13 bits per heavy atom. The van der Waals surface area contributed by atoms with Crippen LogP contribution in [0.25, 0.3) is 22.3 Å². The van der Waals surface area contributed by atoms with Crippen molar-refractivity contribution in [1.29, 1.82) is 0 Å². The first-order chi connectivity index (χ1) is 18.5. The number of rotatable bonds is 4. The van der Waals surface area contributed by atoms with E-state index in [0.29, 0.717) is 5.56 Å². The van der Waals surface area contributed by atoms with E-state index in [2.05, 4.69) is 0 Å². The second-order valence-electron chi connectivity index (χ2n) is 9.90. The minimum absolute atomic E-state index is 0.112. The van der Waals surface area contributed by atoms with Crippen molar-refractivity contribution in [3.63, 3.8) is 0 Å². The molecular formula is C27H30O12. The maximum atomic E-state index is 13.1. The summed E-state index contributed by atoms with van der Waals surface area (Å²) in [4.78, 5) is 13.1. The molecule has 7 N–H and O–H groups in total. The van der Waals surface area contributed by atoms with Gasteiger partial charge < -0.3 is 54.4 Å². The average molecular weight is 547 g/mol. The molecule has 3 aromatic rings. The van der Waals surface area contributed by atoms with E-state index >= 15 is 0 Å². The summed E-state index contributed by atoms with van der Waals surface area (Å²) in [5.41, 5.74) is -0.460. The predicted molar refractivity (Wildman–Crippen MR) is 134 cm³/mol. The third-order valence-electron chi connectivity index (χ3n) is 7.28. The Balaban J connectivity index is 1.58. The number of fused-ring (bicyclic) bond motifs is 1. The fourth-order valence-corrected chi connectivity index (χ4v) is 5.03. The molecule has 0 saturated carbocycles. The first-order valence-corrected chi connectivity index (χ1v) is 12.4. The lowest BCUT2D eigenvalue weighted by molar-refractivity contribution is -0.336. The number of aromatic hydroxyl groups is 2. The van der Waals surface area contributed by atoms with Gasteiger partial charge in [-0.1, -0.05) is 30.3 Å². The molecule has 2 aromatic carbocycles. The molecule has 39 heavy (non-hydrogen) atoms. The number of hydrogen-bond donors (Lipinski definition) is 7. The van der Waals surface area contributed by atoms with Crippen LogP contribution in [0.3, 0.4) is 0 Å². The molecule has 10 unspecified atom stereocenters. The molecule has 2 saturated heterocycles. The van der Waals surface area contributed by atoms with E-state index in [1.165, 1.54) is 19.9 Å². The van der Waals surface area contributed by atoms with Gasteiger partial charge in [0.2, 0.25) is 0 Å². The molecule has 12 nitrogen and oxygen atoms in total. The molecule has 10 atom stereocenters. The Morgan fingerprint density at radius 2 is 1.44 bits per heavy atom. The molecule has 0 aliphatic carbocycles. The second-order valence-corrected chi connectivity index (χ2v) is 9.90. The summed E-state index contributed by atoms with van der Waals surface area (Å²) in [7, 11) is 0. The Labute approximate surface area is 221 Å². The molecule has 1 aromatic heterocycles. The highest BCUT2D eigenvalue weighted by atomic mass is 16.7. The van der Waals surface area contributed by atoms with Crippen LogP contribution in [0.15, 0.2) is 51.7 Å². The lowest BCUT2D eigenvalue weighted by atomic mass is 9.89. The SMILES string of the molecule is CC1OC(OC2C(c3c(O)cc4oc(-c5ccccc5)cc(=O)c4c3O)OC(C)C(O)C2O)C(O)C(O)C1O. The molecule has 0 bridgehead atoms. The van der Waals surface area contributed by atoms with Crippen LogP contribution in [0.2, 0.25) is 0 Å². The number of aliphatic hydroxyl groups excluding tert-OH is 5. The standard InChI is InChI=1S/C27H30O12/c1-10-20(31)23(34)26(39-27-24(35)22(33)19(30)11(2)37-27)25(36-10)18-14(29)9-16-17(21(18)32)13(28)8-15(38-16)12-6-4-3-5-7-12/h3-11,19-20,22-27,29-35H,1-2H3. The molecule has 0 spiro atoms. The minimum atomic E-state index is -1.75. The zero-order valence-corrected chi connectivity index (χ0v) is 21.0. The van der Waals surface area contributed by atoms with Gasteiger partial charge in [0.05, 0.1) is 17.8 Å². The van der Waals surface area contributed by atoms with Gasteiger partial charge in [-0.2, -0.15) is 0 Å². The summed E-state index contributed by atoms with van der Waals surface area (Å²) >= 11 is 0. The Morgan fingerprint density at radius 1 is 0.795 bits per heavy atom. The number of phenolic OH excluding ortho intramolecular Hbond substituents is 2. The third kappa shape index (κ3) is 4.79. The molecule has 5 rings (SSSR count). The quantitative estimate of drug-likeness (QED) is 0.236. The first kappa shape index (κ1) is 27.5. The van der Waals surface area contributed by atoms with Gasteiger partial charge in [-0.25, -0.2) is 0 Å². The van der Waals surface area contributed by atoms with Gasteiger partial charge in [0.25, 0.3) is 0 Å².